The van der Waals surface area contributed by atoms with Crippen LogP contribution in [0.3, 0.4) is 0 Å². The third-order valence-electron chi connectivity index (χ3n) is 4.15. The van der Waals surface area contributed by atoms with E-state index < -0.39 is 17.2 Å². The van der Waals surface area contributed by atoms with Crippen molar-refractivity contribution in [2.75, 3.05) is 6.61 Å². The molecule has 24 heavy (non-hydrogen) atoms. The van der Waals surface area contributed by atoms with Gasteiger partial charge in [-0.1, -0.05) is 0 Å². The van der Waals surface area contributed by atoms with Gasteiger partial charge in [0.15, 0.2) is 11.2 Å². The number of carbonyl (C=O) groups excluding carboxylic acids is 1. The number of hydrogen-bond donors (Lipinski definition) is 0. The molecule has 0 aliphatic carbocycles. The molecule has 0 bridgehead atoms. The predicted molar refractivity (Wildman–Crippen MR) is 87.2 cm³/mol. The van der Waals surface area contributed by atoms with Crippen LogP contribution in [0.1, 0.15) is 19.0 Å². The molecule has 0 unspecified atom stereocenters. The number of rotatable bonds is 4. The molecule has 0 N–H and O–H groups in total. The molecule has 0 atom stereocenters. The highest BCUT2D eigenvalue weighted by Gasteiger charge is 2.19. The molecule has 128 valence electrons. The minimum Gasteiger partial charge on any atom is -0.466 e. The zero-order valence-electron chi connectivity index (χ0n) is 14.1. The van der Waals surface area contributed by atoms with E-state index in [-0.39, 0.29) is 19.6 Å². The zero-order valence-corrected chi connectivity index (χ0v) is 14.1. The summed E-state index contributed by atoms with van der Waals surface area (Å²) < 4.78 is 10.7. The number of imidazole rings is 2. The Morgan fingerprint density at radius 2 is 1.96 bits per heavy atom. The SMILES string of the molecule is CCOC(=O)CCn1c(=O)c2c(nc3n(C)c(C)cn23)n(C)c1=O. The summed E-state index contributed by atoms with van der Waals surface area (Å²) in [6.45, 7) is 3.84. The minimum atomic E-state index is -0.503. The molecule has 0 saturated heterocycles. The molecule has 0 fully saturated rings. The predicted octanol–water partition coefficient (Wildman–Crippen LogP) is -0.0520. The maximum atomic E-state index is 12.8. The van der Waals surface area contributed by atoms with Crippen molar-refractivity contribution < 1.29 is 9.53 Å². The lowest BCUT2D eigenvalue weighted by Gasteiger charge is -2.07. The molecule has 0 aliphatic rings. The molecule has 3 aromatic rings. The quantitative estimate of drug-likeness (QED) is 0.624. The maximum Gasteiger partial charge on any atom is 0.332 e. The third kappa shape index (κ3) is 2.24. The molecule has 3 aromatic heterocycles. The van der Waals surface area contributed by atoms with Crippen LogP contribution >= 0.6 is 0 Å². The van der Waals surface area contributed by atoms with Crippen LogP contribution in [-0.2, 0) is 30.2 Å². The Bertz CT molecular complexity index is 1070. The van der Waals surface area contributed by atoms with Crippen LogP contribution in [0.25, 0.3) is 16.9 Å². The van der Waals surface area contributed by atoms with Gasteiger partial charge in [-0.25, -0.2) is 4.79 Å². The van der Waals surface area contributed by atoms with Crippen molar-refractivity contribution in [1.29, 1.82) is 0 Å². The van der Waals surface area contributed by atoms with Gasteiger partial charge >= 0.3 is 11.7 Å². The topological polar surface area (TPSA) is 92.5 Å². The number of fused-ring (bicyclic) bond motifs is 3. The molecule has 0 aromatic carbocycles. The second-order valence-corrected chi connectivity index (χ2v) is 5.64. The van der Waals surface area contributed by atoms with Crippen LogP contribution in [0, 0.1) is 6.92 Å². The summed E-state index contributed by atoms with van der Waals surface area (Å²) in [6, 6.07) is 0. The van der Waals surface area contributed by atoms with Crippen molar-refractivity contribution in [3.63, 3.8) is 0 Å². The fraction of sp³-hybridized carbons (Fsp3) is 0.467. The number of aryl methyl sites for hydroxylation is 3. The Kier molecular flexibility index (Phi) is 3.78. The third-order valence-corrected chi connectivity index (χ3v) is 4.15. The average Bonchev–Trinajstić information content (AvgIpc) is 3.03. The normalized spacial score (nSPS) is 11.5. The smallest absolute Gasteiger partial charge is 0.332 e. The molecule has 9 nitrogen and oxygen atoms in total. The van der Waals surface area contributed by atoms with Gasteiger partial charge in [0.1, 0.15) is 0 Å². The summed E-state index contributed by atoms with van der Waals surface area (Å²) in [6.07, 6.45) is 1.76. The highest BCUT2D eigenvalue weighted by molar-refractivity contribution is 5.75. The number of aromatic nitrogens is 5. The number of esters is 1. The van der Waals surface area contributed by atoms with Gasteiger partial charge in [-0.05, 0) is 13.8 Å². The molecule has 3 rings (SSSR count). The van der Waals surface area contributed by atoms with Crippen LogP contribution in [0.15, 0.2) is 15.8 Å². The van der Waals surface area contributed by atoms with E-state index in [0.29, 0.717) is 16.9 Å². The Hall–Kier alpha value is -2.84. The van der Waals surface area contributed by atoms with Crippen molar-refractivity contribution in [3.8, 4) is 0 Å². The van der Waals surface area contributed by atoms with Crippen LogP contribution in [0.2, 0.25) is 0 Å². The fourth-order valence-corrected chi connectivity index (χ4v) is 2.75. The summed E-state index contributed by atoms with van der Waals surface area (Å²) in [4.78, 5) is 41.2. The first-order chi connectivity index (χ1) is 11.4. The summed E-state index contributed by atoms with van der Waals surface area (Å²) in [5.74, 6) is 0.137. The van der Waals surface area contributed by atoms with E-state index in [1.165, 1.54) is 4.57 Å². The highest BCUT2D eigenvalue weighted by Crippen LogP contribution is 2.14. The monoisotopic (exact) mass is 333 g/mol. The Morgan fingerprint density at radius 1 is 1.25 bits per heavy atom. The Balaban J connectivity index is 2.22. The molecular weight excluding hydrogens is 314 g/mol. The van der Waals surface area contributed by atoms with E-state index >= 15 is 0 Å². The maximum absolute atomic E-state index is 12.8. The van der Waals surface area contributed by atoms with Gasteiger partial charge in [-0.2, -0.15) is 4.98 Å². The van der Waals surface area contributed by atoms with E-state index in [0.717, 1.165) is 10.3 Å². The summed E-state index contributed by atoms with van der Waals surface area (Å²) in [5, 5.41) is 0. The number of carbonyl (C=O) groups is 1. The Labute approximate surface area is 136 Å². The van der Waals surface area contributed by atoms with Crippen molar-refractivity contribution in [2.45, 2.75) is 26.8 Å². The summed E-state index contributed by atoms with van der Waals surface area (Å²) in [5.41, 5.74) is 0.612. The first-order valence-electron chi connectivity index (χ1n) is 7.66. The van der Waals surface area contributed by atoms with Gasteiger partial charge < -0.3 is 9.30 Å². The molecule has 0 saturated carbocycles. The van der Waals surface area contributed by atoms with Gasteiger partial charge in [-0.3, -0.25) is 23.1 Å². The summed E-state index contributed by atoms with van der Waals surface area (Å²) in [7, 11) is 3.40. The van der Waals surface area contributed by atoms with Gasteiger partial charge in [0.2, 0.25) is 5.78 Å². The molecule has 0 aliphatic heterocycles. The second-order valence-electron chi connectivity index (χ2n) is 5.64. The van der Waals surface area contributed by atoms with E-state index in [9.17, 15) is 14.4 Å². The van der Waals surface area contributed by atoms with Crippen LogP contribution in [0.5, 0.6) is 0 Å². The molecular formula is C15H19N5O4. The number of hydrogen-bond acceptors (Lipinski definition) is 5. The lowest BCUT2D eigenvalue weighted by molar-refractivity contribution is -0.143. The summed E-state index contributed by atoms with van der Waals surface area (Å²) >= 11 is 0. The van der Waals surface area contributed by atoms with Crippen LogP contribution < -0.4 is 11.2 Å². The standard InChI is InChI=1S/C15H19N5O4/c1-5-24-10(21)6-7-19-13(22)11-12(18(4)15(19)23)16-14-17(3)9(2)8-20(11)14/h8H,5-7H2,1-4H3. The molecule has 0 spiro atoms. The van der Waals surface area contributed by atoms with Crippen molar-refractivity contribution in [2.24, 2.45) is 14.1 Å². The van der Waals surface area contributed by atoms with Gasteiger partial charge in [0.25, 0.3) is 5.56 Å². The minimum absolute atomic E-state index is 0.0284. The van der Waals surface area contributed by atoms with Gasteiger partial charge in [-0.15, -0.1) is 0 Å². The Morgan fingerprint density at radius 3 is 2.62 bits per heavy atom. The van der Waals surface area contributed by atoms with Crippen molar-refractivity contribution in [1.82, 2.24) is 23.1 Å². The molecule has 0 amide bonds. The van der Waals surface area contributed by atoms with Crippen molar-refractivity contribution >= 4 is 22.9 Å². The van der Waals surface area contributed by atoms with Gasteiger partial charge in [0.05, 0.1) is 13.0 Å². The van der Waals surface area contributed by atoms with Gasteiger partial charge in [0, 0.05) is 32.5 Å². The lowest BCUT2D eigenvalue weighted by Crippen LogP contribution is -2.39. The largest absolute Gasteiger partial charge is 0.466 e. The van der Waals surface area contributed by atoms with E-state index in [1.54, 1.807) is 24.6 Å². The first kappa shape index (κ1) is 16.0. The van der Waals surface area contributed by atoms with E-state index in [4.69, 9.17) is 4.74 Å². The first-order valence-corrected chi connectivity index (χ1v) is 7.66. The van der Waals surface area contributed by atoms with Crippen molar-refractivity contribution in [3.05, 3.63) is 32.7 Å². The second kappa shape index (κ2) is 5.66. The van der Waals surface area contributed by atoms with E-state index in [1.807, 2.05) is 18.5 Å². The average molecular weight is 333 g/mol. The molecule has 3 heterocycles. The van der Waals surface area contributed by atoms with E-state index in [2.05, 4.69) is 4.98 Å². The number of nitrogens with zero attached hydrogens (tertiary/aromatic N) is 5. The fourth-order valence-electron chi connectivity index (χ4n) is 2.75. The zero-order chi connectivity index (χ0) is 17.6. The number of ether oxygens (including phenoxy) is 1. The van der Waals surface area contributed by atoms with Crippen LogP contribution in [0.4, 0.5) is 0 Å². The highest BCUT2D eigenvalue weighted by atomic mass is 16.5. The lowest BCUT2D eigenvalue weighted by atomic mass is 10.4. The van der Waals surface area contributed by atoms with Crippen LogP contribution in [-0.4, -0.2) is 35.7 Å². The molecule has 9 heteroatoms. The molecule has 0 radical (unpaired) electrons.